The quantitative estimate of drug-likeness (QED) is 0.427. The van der Waals surface area contributed by atoms with Crippen LogP contribution >= 0.6 is 11.3 Å². The molecular weight excluding hydrogens is 392 g/mol. The van der Waals surface area contributed by atoms with Crippen LogP contribution in [0.15, 0.2) is 49.1 Å². The average Bonchev–Trinajstić information content (AvgIpc) is 3.44. The lowest BCUT2D eigenvalue weighted by molar-refractivity contribution is 0.305. The molecule has 0 saturated carbocycles. The van der Waals surface area contributed by atoms with Gasteiger partial charge in [0.05, 0.1) is 26.6 Å². The number of fused-ring (bicyclic) bond motifs is 2. The highest BCUT2D eigenvalue weighted by molar-refractivity contribution is 7.18. The van der Waals surface area contributed by atoms with E-state index in [1.54, 1.807) is 41.8 Å². The number of aromatic nitrogens is 6. The van der Waals surface area contributed by atoms with Crippen molar-refractivity contribution in [2.45, 2.75) is 6.61 Å². The van der Waals surface area contributed by atoms with E-state index in [0.29, 0.717) is 34.7 Å². The third-order valence-corrected chi connectivity index (χ3v) is 5.21. The second-order valence-corrected chi connectivity index (χ2v) is 7.10. The Balaban J connectivity index is 1.52. The first-order chi connectivity index (χ1) is 14.2. The monoisotopic (exact) mass is 408 g/mol. The second-order valence-electron chi connectivity index (χ2n) is 6.18. The van der Waals surface area contributed by atoms with Crippen LogP contribution in [0.2, 0.25) is 0 Å². The Kier molecular flexibility index (Phi) is 4.24. The van der Waals surface area contributed by atoms with Crippen molar-refractivity contribution in [2.24, 2.45) is 0 Å². The summed E-state index contributed by atoms with van der Waals surface area (Å²) in [5.41, 5.74) is 3.21. The van der Waals surface area contributed by atoms with Crippen molar-refractivity contribution in [3.05, 3.63) is 54.6 Å². The Morgan fingerprint density at radius 1 is 1.03 bits per heavy atom. The molecule has 0 atom stereocenters. The summed E-state index contributed by atoms with van der Waals surface area (Å²) in [5.74, 6) is 1.30. The standard InChI is InChI=1S/C19H16N6O3S/c1-26-13-6-17(28-11-12-4-3-5-20-8-12)16-7-14(22-24(16)9-13)15-10-25-18(21-15)29-19(23-25)27-2/h3-10H,11H2,1-2H3. The molecule has 0 unspecified atom stereocenters. The molecule has 29 heavy (non-hydrogen) atoms. The molecule has 0 aromatic carbocycles. The fourth-order valence-electron chi connectivity index (χ4n) is 2.92. The zero-order valence-electron chi connectivity index (χ0n) is 15.6. The van der Waals surface area contributed by atoms with Crippen LogP contribution in [0, 0.1) is 0 Å². The summed E-state index contributed by atoms with van der Waals surface area (Å²) in [7, 11) is 3.20. The van der Waals surface area contributed by atoms with Crippen molar-refractivity contribution in [2.75, 3.05) is 14.2 Å². The van der Waals surface area contributed by atoms with Gasteiger partial charge in [-0.3, -0.25) is 4.98 Å². The lowest BCUT2D eigenvalue weighted by Crippen LogP contribution is -1.99. The molecule has 5 heterocycles. The SMILES string of the molecule is COc1cc(OCc2cccnc2)c2cc(-c3cn4nc(OC)sc4n3)nn2c1. The second kappa shape index (κ2) is 7.06. The van der Waals surface area contributed by atoms with E-state index < -0.39 is 0 Å². The third kappa shape index (κ3) is 3.23. The van der Waals surface area contributed by atoms with E-state index >= 15 is 0 Å². The van der Waals surface area contributed by atoms with Crippen LogP contribution in [0.1, 0.15) is 5.56 Å². The predicted molar refractivity (Wildman–Crippen MR) is 107 cm³/mol. The molecule has 0 radical (unpaired) electrons. The third-order valence-electron chi connectivity index (χ3n) is 4.33. The van der Waals surface area contributed by atoms with Gasteiger partial charge in [-0.05, 0) is 23.5 Å². The summed E-state index contributed by atoms with van der Waals surface area (Å²) in [5, 5.41) is 9.50. The number of methoxy groups -OCH3 is 2. The highest BCUT2D eigenvalue weighted by Crippen LogP contribution is 2.31. The molecule has 9 nitrogen and oxygen atoms in total. The van der Waals surface area contributed by atoms with Crippen molar-refractivity contribution >= 4 is 21.8 Å². The Bertz CT molecular complexity index is 1260. The van der Waals surface area contributed by atoms with E-state index in [-0.39, 0.29) is 0 Å². The normalized spacial score (nSPS) is 11.2. The molecule has 0 aliphatic heterocycles. The molecule has 0 saturated heterocycles. The van der Waals surface area contributed by atoms with Gasteiger partial charge in [0.2, 0.25) is 4.96 Å². The van der Waals surface area contributed by atoms with Crippen LogP contribution in [-0.4, -0.2) is 43.4 Å². The number of rotatable bonds is 6. The van der Waals surface area contributed by atoms with Crippen LogP contribution in [0.5, 0.6) is 16.7 Å². The molecule has 10 heteroatoms. The van der Waals surface area contributed by atoms with Gasteiger partial charge in [0, 0.05) is 24.0 Å². The van der Waals surface area contributed by atoms with Gasteiger partial charge in [-0.25, -0.2) is 14.0 Å². The Labute approximate surface area is 169 Å². The van der Waals surface area contributed by atoms with E-state index in [2.05, 4.69) is 20.2 Å². The smallest absolute Gasteiger partial charge is 0.294 e. The molecule has 5 aromatic heterocycles. The maximum absolute atomic E-state index is 6.04. The number of hydrogen-bond donors (Lipinski definition) is 0. The highest BCUT2D eigenvalue weighted by Gasteiger charge is 2.16. The molecule has 5 aromatic rings. The number of ether oxygens (including phenoxy) is 3. The summed E-state index contributed by atoms with van der Waals surface area (Å²) in [4.78, 5) is 9.45. The van der Waals surface area contributed by atoms with Gasteiger partial charge in [0.25, 0.3) is 5.19 Å². The largest absolute Gasteiger partial charge is 0.495 e. The van der Waals surface area contributed by atoms with Gasteiger partial charge in [-0.2, -0.15) is 5.10 Å². The number of hydrogen-bond acceptors (Lipinski definition) is 8. The summed E-state index contributed by atoms with van der Waals surface area (Å²) >= 11 is 1.37. The number of nitrogens with zero attached hydrogens (tertiary/aromatic N) is 6. The van der Waals surface area contributed by atoms with Gasteiger partial charge >= 0.3 is 0 Å². The molecule has 0 N–H and O–H groups in total. The summed E-state index contributed by atoms with van der Waals surface area (Å²) < 4.78 is 20.0. The van der Waals surface area contributed by atoms with Crippen molar-refractivity contribution in [3.8, 4) is 28.1 Å². The van der Waals surface area contributed by atoms with E-state index in [1.165, 1.54) is 11.3 Å². The summed E-state index contributed by atoms with van der Waals surface area (Å²) in [6, 6.07) is 7.62. The minimum absolute atomic E-state index is 0.390. The Morgan fingerprint density at radius 2 is 1.97 bits per heavy atom. The fourth-order valence-corrected chi connectivity index (χ4v) is 3.62. The minimum atomic E-state index is 0.390. The van der Waals surface area contributed by atoms with Gasteiger partial charge in [-0.1, -0.05) is 6.07 Å². The fraction of sp³-hybridized carbons (Fsp3) is 0.158. The molecule has 0 aliphatic rings. The lowest BCUT2D eigenvalue weighted by Gasteiger charge is -2.09. The first kappa shape index (κ1) is 17.4. The Morgan fingerprint density at radius 3 is 2.72 bits per heavy atom. The van der Waals surface area contributed by atoms with Crippen LogP contribution in [0.25, 0.3) is 21.9 Å². The van der Waals surface area contributed by atoms with Crippen molar-refractivity contribution in [3.63, 3.8) is 0 Å². The molecule has 0 bridgehead atoms. The van der Waals surface area contributed by atoms with Gasteiger partial charge < -0.3 is 14.2 Å². The molecule has 146 valence electrons. The highest BCUT2D eigenvalue weighted by atomic mass is 32.1. The molecule has 5 rings (SSSR count). The van der Waals surface area contributed by atoms with Crippen molar-refractivity contribution in [1.82, 2.24) is 29.2 Å². The first-order valence-electron chi connectivity index (χ1n) is 8.73. The topological polar surface area (TPSA) is 88.1 Å². The van der Waals surface area contributed by atoms with Gasteiger partial charge in [0.15, 0.2) is 0 Å². The Hall–Kier alpha value is -3.66. The maximum atomic E-state index is 6.04. The summed E-state index contributed by atoms with van der Waals surface area (Å²) in [6.45, 7) is 0.390. The molecule has 0 aliphatic carbocycles. The van der Waals surface area contributed by atoms with Crippen LogP contribution in [0.4, 0.5) is 0 Å². The molecule has 0 amide bonds. The number of imidazole rings is 1. The minimum Gasteiger partial charge on any atom is -0.495 e. The number of pyridine rings is 2. The maximum Gasteiger partial charge on any atom is 0.294 e. The predicted octanol–water partition coefficient (Wildman–Crippen LogP) is 3.10. The van der Waals surface area contributed by atoms with Gasteiger partial charge in [-0.15, -0.1) is 5.10 Å². The zero-order chi connectivity index (χ0) is 19.8. The molecular formula is C19H16N6O3S. The van der Waals surface area contributed by atoms with E-state index in [9.17, 15) is 0 Å². The average molecular weight is 408 g/mol. The van der Waals surface area contributed by atoms with Crippen LogP contribution < -0.4 is 14.2 Å². The zero-order valence-corrected chi connectivity index (χ0v) is 16.5. The van der Waals surface area contributed by atoms with Gasteiger partial charge in [0.1, 0.15) is 35.0 Å². The molecule has 0 fully saturated rings. The van der Waals surface area contributed by atoms with E-state index in [1.807, 2.05) is 30.5 Å². The van der Waals surface area contributed by atoms with E-state index in [4.69, 9.17) is 14.2 Å². The first-order valence-corrected chi connectivity index (χ1v) is 9.55. The molecule has 0 spiro atoms. The van der Waals surface area contributed by atoms with Crippen LogP contribution in [0.3, 0.4) is 0 Å². The van der Waals surface area contributed by atoms with E-state index in [0.717, 1.165) is 16.0 Å². The van der Waals surface area contributed by atoms with Crippen molar-refractivity contribution < 1.29 is 14.2 Å². The lowest BCUT2D eigenvalue weighted by atomic mass is 10.3. The van der Waals surface area contributed by atoms with Crippen LogP contribution in [-0.2, 0) is 6.61 Å². The summed E-state index contributed by atoms with van der Waals surface area (Å²) in [6.07, 6.45) is 7.13. The van der Waals surface area contributed by atoms with Crippen molar-refractivity contribution in [1.29, 1.82) is 0 Å².